The summed E-state index contributed by atoms with van der Waals surface area (Å²) in [6.07, 6.45) is 2.13. The van der Waals surface area contributed by atoms with E-state index in [-0.39, 0.29) is 12.7 Å². The molecule has 2 aliphatic rings. The van der Waals surface area contributed by atoms with Gasteiger partial charge < -0.3 is 5.11 Å². The Hall–Kier alpha value is -0.610. The highest BCUT2D eigenvalue weighted by Crippen LogP contribution is 2.43. The van der Waals surface area contributed by atoms with E-state index < -0.39 is 11.4 Å². The maximum atomic E-state index is 10.8. The van der Waals surface area contributed by atoms with Crippen molar-refractivity contribution in [3.8, 4) is 0 Å². The Bertz CT molecular complexity index is 187. The van der Waals surface area contributed by atoms with Gasteiger partial charge in [0.2, 0.25) is 0 Å². The van der Waals surface area contributed by atoms with Crippen molar-refractivity contribution in [2.45, 2.75) is 25.4 Å². The molecule has 2 atom stereocenters. The molecule has 1 N–H and O–H groups in total. The van der Waals surface area contributed by atoms with Gasteiger partial charge in [0.05, 0.1) is 18.1 Å². The van der Waals surface area contributed by atoms with E-state index in [1.165, 1.54) is 0 Å². The smallest absolute Gasteiger partial charge is 0.312 e. The molecular formula is C7H10O4. The lowest BCUT2D eigenvalue weighted by Crippen LogP contribution is -2.37. The van der Waals surface area contributed by atoms with Crippen LogP contribution in [0, 0.1) is 5.41 Å². The molecule has 2 unspecified atom stereocenters. The fraction of sp³-hybridized carbons (Fsp3) is 0.857. The summed E-state index contributed by atoms with van der Waals surface area (Å²) in [6.45, 7) is 0.207. The molecule has 1 saturated heterocycles. The molecule has 1 aliphatic heterocycles. The molecular weight excluding hydrogens is 148 g/mol. The third kappa shape index (κ3) is 0.937. The minimum absolute atomic E-state index is 0.0137. The molecule has 4 nitrogen and oxygen atoms in total. The lowest BCUT2D eigenvalue weighted by atomic mass is 9.87. The molecule has 1 aliphatic carbocycles. The largest absolute Gasteiger partial charge is 0.481 e. The molecule has 1 saturated carbocycles. The summed E-state index contributed by atoms with van der Waals surface area (Å²) >= 11 is 0. The Balaban J connectivity index is 2.19. The van der Waals surface area contributed by atoms with Crippen LogP contribution in [0.25, 0.3) is 0 Å². The monoisotopic (exact) mass is 158 g/mol. The molecule has 2 fully saturated rings. The van der Waals surface area contributed by atoms with Crippen LogP contribution in [0.1, 0.15) is 19.3 Å². The zero-order valence-electron chi connectivity index (χ0n) is 6.08. The first kappa shape index (κ1) is 7.06. The number of fused-ring (bicyclic) bond motifs is 2. The highest BCUT2D eigenvalue weighted by atomic mass is 17.2. The van der Waals surface area contributed by atoms with Gasteiger partial charge in [-0.3, -0.25) is 4.79 Å². The summed E-state index contributed by atoms with van der Waals surface area (Å²) in [6, 6.07) is 0. The topological polar surface area (TPSA) is 55.8 Å². The first-order chi connectivity index (χ1) is 5.23. The van der Waals surface area contributed by atoms with Gasteiger partial charge in [0.15, 0.2) is 0 Å². The summed E-state index contributed by atoms with van der Waals surface area (Å²) < 4.78 is 0. The third-order valence-corrected chi connectivity index (χ3v) is 2.56. The van der Waals surface area contributed by atoms with Crippen molar-refractivity contribution in [3.05, 3.63) is 0 Å². The predicted molar refractivity (Wildman–Crippen MR) is 34.7 cm³/mol. The minimum Gasteiger partial charge on any atom is -0.481 e. The van der Waals surface area contributed by atoms with Gasteiger partial charge in [-0.05, 0) is 19.3 Å². The van der Waals surface area contributed by atoms with Crippen molar-refractivity contribution < 1.29 is 19.7 Å². The van der Waals surface area contributed by atoms with Crippen molar-refractivity contribution in [1.82, 2.24) is 0 Å². The predicted octanol–water partition coefficient (Wildman–Crippen LogP) is 0.572. The van der Waals surface area contributed by atoms with E-state index in [1.54, 1.807) is 0 Å². The summed E-state index contributed by atoms with van der Waals surface area (Å²) in [5.41, 5.74) is -0.636. The maximum absolute atomic E-state index is 10.8. The Kier molecular flexibility index (Phi) is 1.40. The van der Waals surface area contributed by atoms with Crippen LogP contribution in [-0.2, 0) is 14.6 Å². The van der Waals surface area contributed by atoms with Crippen LogP contribution < -0.4 is 0 Å². The van der Waals surface area contributed by atoms with Crippen molar-refractivity contribution in [1.29, 1.82) is 0 Å². The van der Waals surface area contributed by atoms with E-state index in [0.717, 1.165) is 6.42 Å². The zero-order valence-corrected chi connectivity index (χ0v) is 6.08. The molecule has 11 heavy (non-hydrogen) atoms. The Morgan fingerprint density at radius 1 is 1.64 bits per heavy atom. The van der Waals surface area contributed by atoms with Crippen molar-refractivity contribution in [3.63, 3.8) is 0 Å². The molecule has 0 spiro atoms. The third-order valence-electron chi connectivity index (χ3n) is 2.56. The average Bonchev–Trinajstić information content (AvgIpc) is 2.29. The fourth-order valence-electron chi connectivity index (χ4n) is 1.79. The maximum Gasteiger partial charge on any atom is 0.312 e. The molecule has 1 heterocycles. The highest BCUT2D eigenvalue weighted by Gasteiger charge is 2.50. The summed E-state index contributed by atoms with van der Waals surface area (Å²) in [4.78, 5) is 20.4. The van der Waals surface area contributed by atoms with Gasteiger partial charge in [-0.15, -0.1) is 0 Å². The number of hydrogen-bond donors (Lipinski definition) is 1. The van der Waals surface area contributed by atoms with Crippen molar-refractivity contribution in [2.75, 3.05) is 6.61 Å². The quantitative estimate of drug-likeness (QED) is 0.567. The molecule has 2 bridgehead atoms. The lowest BCUT2D eigenvalue weighted by molar-refractivity contribution is -0.352. The van der Waals surface area contributed by atoms with Crippen LogP contribution in [-0.4, -0.2) is 23.8 Å². The molecule has 0 radical (unpaired) electrons. The van der Waals surface area contributed by atoms with Crippen molar-refractivity contribution in [2.24, 2.45) is 5.41 Å². The molecule has 0 aromatic rings. The van der Waals surface area contributed by atoms with Gasteiger partial charge in [0.25, 0.3) is 0 Å². The number of hydrogen-bond acceptors (Lipinski definition) is 3. The van der Waals surface area contributed by atoms with Crippen LogP contribution in [0.5, 0.6) is 0 Å². The first-order valence-corrected chi connectivity index (χ1v) is 3.75. The highest BCUT2D eigenvalue weighted by molar-refractivity contribution is 5.75. The van der Waals surface area contributed by atoms with E-state index in [2.05, 4.69) is 0 Å². The molecule has 0 aromatic heterocycles. The van der Waals surface area contributed by atoms with Crippen LogP contribution in [0.15, 0.2) is 0 Å². The average molecular weight is 158 g/mol. The zero-order chi connectivity index (χ0) is 7.90. The number of carboxylic acids is 1. The van der Waals surface area contributed by atoms with Gasteiger partial charge in [-0.1, -0.05) is 0 Å². The van der Waals surface area contributed by atoms with E-state index >= 15 is 0 Å². The number of rotatable bonds is 1. The van der Waals surface area contributed by atoms with Crippen LogP contribution in [0.3, 0.4) is 0 Å². The van der Waals surface area contributed by atoms with Crippen LogP contribution in [0.4, 0.5) is 0 Å². The van der Waals surface area contributed by atoms with Gasteiger partial charge in [0, 0.05) is 0 Å². The molecule has 4 heteroatoms. The number of carbonyl (C=O) groups is 1. The van der Waals surface area contributed by atoms with E-state index in [4.69, 9.17) is 14.9 Å². The second-order valence-electron chi connectivity index (χ2n) is 3.31. The standard InChI is InChI=1S/C7H10O4/c8-6(9)7-2-1-5(3-7)11-10-4-7/h5H,1-4H2,(H,8,9). The van der Waals surface area contributed by atoms with E-state index in [0.29, 0.717) is 12.8 Å². The van der Waals surface area contributed by atoms with E-state index in [9.17, 15) is 4.79 Å². The SMILES string of the molecule is O=C(O)C12CCC(C1)OOC2. The van der Waals surface area contributed by atoms with Crippen molar-refractivity contribution >= 4 is 5.97 Å². The summed E-state index contributed by atoms with van der Waals surface area (Å²) in [5.74, 6) is -0.747. The van der Waals surface area contributed by atoms with Gasteiger partial charge in [-0.25, -0.2) is 9.78 Å². The molecule has 2 rings (SSSR count). The number of aliphatic carboxylic acids is 1. The fourth-order valence-corrected chi connectivity index (χ4v) is 1.79. The first-order valence-electron chi connectivity index (χ1n) is 3.75. The Labute approximate surface area is 64.0 Å². The second-order valence-corrected chi connectivity index (χ2v) is 3.31. The Morgan fingerprint density at radius 3 is 3.09 bits per heavy atom. The minimum atomic E-state index is -0.747. The number of carboxylic acid groups (broad SMARTS) is 1. The van der Waals surface area contributed by atoms with Gasteiger partial charge >= 0.3 is 5.97 Å². The lowest BCUT2D eigenvalue weighted by Gasteiger charge is -2.27. The van der Waals surface area contributed by atoms with Crippen LogP contribution in [0.2, 0.25) is 0 Å². The van der Waals surface area contributed by atoms with E-state index in [1.807, 2.05) is 0 Å². The molecule has 0 aromatic carbocycles. The normalized spacial score (nSPS) is 42.4. The van der Waals surface area contributed by atoms with Crippen LogP contribution >= 0.6 is 0 Å². The van der Waals surface area contributed by atoms with Gasteiger partial charge in [0.1, 0.15) is 0 Å². The molecule has 0 amide bonds. The summed E-state index contributed by atoms with van der Waals surface area (Å²) in [5, 5.41) is 8.88. The summed E-state index contributed by atoms with van der Waals surface area (Å²) in [7, 11) is 0. The molecule has 62 valence electrons. The Morgan fingerprint density at radius 2 is 2.45 bits per heavy atom. The van der Waals surface area contributed by atoms with Gasteiger partial charge in [-0.2, -0.15) is 0 Å². The second kappa shape index (κ2) is 2.19.